The predicted molar refractivity (Wildman–Crippen MR) is 93.8 cm³/mol. The lowest BCUT2D eigenvalue weighted by Gasteiger charge is -2.39. The number of rotatable bonds is 5. The zero-order chi connectivity index (χ0) is 18.1. The molecule has 0 aromatic heterocycles. The van der Waals surface area contributed by atoms with Crippen molar-refractivity contribution in [3.63, 3.8) is 0 Å². The fourth-order valence-corrected chi connectivity index (χ4v) is 5.54. The Kier molecular flexibility index (Phi) is 5.16. The van der Waals surface area contributed by atoms with Crippen LogP contribution in [-0.2, 0) is 21.4 Å². The summed E-state index contributed by atoms with van der Waals surface area (Å²) in [6, 6.07) is 6.18. The monoisotopic (exact) mass is 368 g/mol. The first-order chi connectivity index (χ1) is 11.9. The molecule has 138 valence electrons. The summed E-state index contributed by atoms with van der Waals surface area (Å²) in [5.41, 5.74) is 0.305. The summed E-state index contributed by atoms with van der Waals surface area (Å²) >= 11 is 0. The Labute approximate surface area is 148 Å². The highest BCUT2D eigenvalue weighted by Gasteiger charge is 2.50. The average molecular weight is 368 g/mol. The molecule has 1 aromatic rings. The van der Waals surface area contributed by atoms with Crippen LogP contribution < -0.4 is 0 Å². The summed E-state index contributed by atoms with van der Waals surface area (Å²) in [5, 5.41) is 0. The molecule has 2 heterocycles. The first-order valence-electron chi connectivity index (χ1n) is 8.88. The number of carbonyl (C=O) groups is 1. The number of nitrogens with zero attached hydrogens (tertiary/aromatic N) is 2. The topological polar surface area (TPSA) is 57.7 Å². The third kappa shape index (κ3) is 3.72. The van der Waals surface area contributed by atoms with Crippen LogP contribution in [0.3, 0.4) is 0 Å². The van der Waals surface area contributed by atoms with Crippen molar-refractivity contribution in [2.75, 3.05) is 25.4 Å². The molecule has 0 radical (unpaired) electrons. The molecule has 2 fully saturated rings. The predicted octanol–water partition coefficient (Wildman–Crippen LogP) is 2.38. The summed E-state index contributed by atoms with van der Waals surface area (Å²) in [6.45, 7) is 3.69. The summed E-state index contributed by atoms with van der Waals surface area (Å²) in [7, 11) is -3.27. The molecule has 2 aliphatic heterocycles. The lowest BCUT2D eigenvalue weighted by molar-refractivity contribution is -0.146. The Balaban J connectivity index is 1.73. The first-order valence-corrected chi connectivity index (χ1v) is 10.5. The lowest BCUT2D eigenvalue weighted by Crippen LogP contribution is -2.50. The second-order valence-electron chi connectivity index (χ2n) is 7.14. The van der Waals surface area contributed by atoms with E-state index >= 15 is 0 Å². The second kappa shape index (κ2) is 7.03. The van der Waals surface area contributed by atoms with Crippen LogP contribution in [0.2, 0.25) is 0 Å². The van der Waals surface area contributed by atoms with Gasteiger partial charge in [0.05, 0.1) is 11.2 Å². The zero-order valence-electron chi connectivity index (χ0n) is 14.6. The van der Waals surface area contributed by atoms with Crippen LogP contribution in [-0.4, -0.2) is 48.9 Å². The fraction of sp³-hybridized carbons (Fsp3) is 0.611. The second-order valence-corrected chi connectivity index (χ2v) is 9.23. The molecule has 0 aliphatic carbocycles. The van der Waals surface area contributed by atoms with Crippen molar-refractivity contribution in [1.29, 1.82) is 0 Å². The molecule has 0 saturated carbocycles. The van der Waals surface area contributed by atoms with Gasteiger partial charge in [0.25, 0.3) is 0 Å². The Morgan fingerprint density at radius 2 is 1.88 bits per heavy atom. The largest absolute Gasteiger partial charge is 0.338 e. The van der Waals surface area contributed by atoms with E-state index in [9.17, 15) is 17.6 Å². The van der Waals surface area contributed by atoms with E-state index < -0.39 is 15.4 Å². The third-order valence-electron chi connectivity index (χ3n) is 5.29. The molecular weight excluding hydrogens is 343 g/mol. The molecule has 1 atom stereocenters. The quantitative estimate of drug-likeness (QED) is 0.802. The van der Waals surface area contributed by atoms with E-state index in [1.807, 2.05) is 6.92 Å². The minimum absolute atomic E-state index is 0.0391. The molecule has 1 spiro atoms. The van der Waals surface area contributed by atoms with Gasteiger partial charge in [-0.2, -0.15) is 0 Å². The maximum absolute atomic E-state index is 13.1. The van der Waals surface area contributed by atoms with Crippen LogP contribution in [0.4, 0.5) is 4.39 Å². The number of carbonyl (C=O) groups excluding carboxylic acids is 1. The molecule has 3 rings (SSSR count). The molecule has 0 N–H and O–H groups in total. The number of sulfonamides is 1. The normalized spacial score (nSPS) is 25.0. The van der Waals surface area contributed by atoms with Gasteiger partial charge in [-0.3, -0.25) is 4.79 Å². The lowest BCUT2D eigenvalue weighted by atomic mass is 9.78. The molecule has 1 aromatic carbocycles. The van der Waals surface area contributed by atoms with Gasteiger partial charge in [0.15, 0.2) is 0 Å². The van der Waals surface area contributed by atoms with Crippen molar-refractivity contribution in [2.24, 2.45) is 5.41 Å². The number of hydrogen-bond donors (Lipinski definition) is 0. The van der Waals surface area contributed by atoms with E-state index in [-0.39, 0.29) is 17.5 Å². The molecule has 2 aliphatic rings. The first kappa shape index (κ1) is 18.3. The summed E-state index contributed by atoms with van der Waals surface area (Å²) in [4.78, 5) is 14.9. The highest BCUT2D eigenvalue weighted by Crippen LogP contribution is 2.41. The van der Waals surface area contributed by atoms with Crippen molar-refractivity contribution in [1.82, 2.24) is 9.21 Å². The molecule has 25 heavy (non-hydrogen) atoms. The minimum Gasteiger partial charge on any atom is -0.338 e. The van der Waals surface area contributed by atoms with Crippen molar-refractivity contribution < 1.29 is 17.6 Å². The fourth-order valence-electron chi connectivity index (χ4n) is 3.95. The van der Waals surface area contributed by atoms with E-state index in [0.717, 1.165) is 18.4 Å². The van der Waals surface area contributed by atoms with Crippen molar-refractivity contribution in [2.45, 2.75) is 39.2 Å². The van der Waals surface area contributed by atoms with Gasteiger partial charge in [-0.15, -0.1) is 0 Å². The molecule has 7 heteroatoms. The molecule has 5 nitrogen and oxygen atoms in total. The standard InChI is InChI=1S/C18H25FN2O3S/c1-2-12-25(23,24)21-11-9-18(14-21)8-3-10-20(17(18)22)13-15-4-6-16(19)7-5-15/h4-7H,2-3,8-14H2,1H3/t18-/m0/s1. The van der Waals surface area contributed by atoms with Gasteiger partial charge >= 0.3 is 0 Å². The number of amides is 1. The van der Waals surface area contributed by atoms with Gasteiger partial charge in [0, 0.05) is 26.2 Å². The number of likely N-dealkylation sites (tertiary alicyclic amines) is 1. The molecule has 0 bridgehead atoms. The number of halogens is 1. The maximum atomic E-state index is 13.1. The SMILES string of the molecule is CCCS(=O)(=O)N1CC[C@@]2(CCCN(Cc3ccc(F)cc3)C2=O)C1. The number of benzene rings is 1. The van der Waals surface area contributed by atoms with Crippen LogP contribution >= 0.6 is 0 Å². The van der Waals surface area contributed by atoms with E-state index in [0.29, 0.717) is 39.0 Å². The molecular formula is C18H25FN2O3S. The molecule has 0 unspecified atom stereocenters. The summed E-state index contributed by atoms with van der Waals surface area (Å²) < 4.78 is 39.2. The van der Waals surface area contributed by atoms with Gasteiger partial charge in [-0.1, -0.05) is 19.1 Å². The minimum atomic E-state index is -3.27. The van der Waals surface area contributed by atoms with Gasteiger partial charge in [0.2, 0.25) is 15.9 Å². The van der Waals surface area contributed by atoms with E-state index in [1.165, 1.54) is 16.4 Å². The summed E-state index contributed by atoms with van der Waals surface area (Å²) in [6.07, 6.45) is 2.78. The third-order valence-corrected chi connectivity index (χ3v) is 7.31. The molecule has 1 amide bonds. The van der Waals surface area contributed by atoms with Gasteiger partial charge < -0.3 is 4.90 Å². The van der Waals surface area contributed by atoms with Gasteiger partial charge in [-0.05, 0) is 43.4 Å². The smallest absolute Gasteiger partial charge is 0.230 e. The Bertz CT molecular complexity index is 735. The highest BCUT2D eigenvalue weighted by molar-refractivity contribution is 7.89. The summed E-state index contributed by atoms with van der Waals surface area (Å²) in [5.74, 6) is -0.119. The maximum Gasteiger partial charge on any atom is 0.230 e. The van der Waals surface area contributed by atoms with Crippen LogP contribution in [0.15, 0.2) is 24.3 Å². The van der Waals surface area contributed by atoms with Gasteiger partial charge in [0.1, 0.15) is 5.82 Å². The van der Waals surface area contributed by atoms with Crippen LogP contribution in [0.25, 0.3) is 0 Å². The van der Waals surface area contributed by atoms with E-state index in [2.05, 4.69) is 0 Å². The van der Waals surface area contributed by atoms with Crippen molar-refractivity contribution >= 4 is 15.9 Å². The molecule has 2 saturated heterocycles. The van der Waals surface area contributed by atoms with E-state index in [4.69, 9.17) is 0 Å². The van der Waals surface area contributed by atoms with Crippen molar-refractivity contribution in [3.05, 3.63) is 35.6 Å². The number of piperidine rings is 1. The van der Waals surface area contributed by atoms with Crippen LogP contribution in [0.5, 0.6) is 0 Å². The Morgan fingerprint density at radius 1 is 1.16 bits per heavy atom. The van der Waals surface area contributed by atoms with Crippen LogP contribution in [0.1, 0.15) is 38.2 Å². The number of hydrogen-bond acceptors (Lipinski definition) is 3. The Morgan fingerprint density at radius 3 is 2.56 bits per heavy atom. The highest BCUT2D eigenvalue weighted by atomic mass is 32.2. The van der Waals surface area contributed by atoms with Gasteiger partial charge in [-0.25, -0.2) is 17.1 Å². The zero-order valence-corrected chi connectivity index (χ0v) is 15.4. The van der Waals surface area contributed by atoms with Crippen molar-refractivity contribution in [3.8, 4) is 0 Å². The van der Waals surface area contributed by atoms with E-state index in [1.54, 1.807) is 17.0 Å². The average Bonchev–Trinajstić information content (AvgIpc) is 3.00. The van der Waals surface area contributed by atoms with Crippen LogP contribution in [0, 0.1) is 11.2 Å². The Hall–Kier alpha value is -1.47.